The zero-order valence-corrected chi connectivity index (χ0v) is 23.6. The van der Waals surface area contributed by atoms with Gasteiger partial charge in [0.1, 0.15) is 34.3 Å². The summed E-state index contributed by atoms with van der Waals surface area (Å²) in [7, 11) is 0. The van der Waals surface area contributed by atoms with Crippen LogP contribution in [0.4, 0.5) is 0 Å². The van der Waals surface area contributed by atoms with Crippen LogP contribution in [0.1, 0.15) is 0 Å². The molecule has 44 heavy (non-hydrogen) atoms. The van der Waals surface area contributed by atoms with Gasteiger partial charge in [0, 0.05) is 27.3 Å². The zero-order chi connectivity index (χ0) is 29.0. The van der Waals surface area contributed by atoms with Crippen LogP contribution in [0.15, 0.2) is 155 Å². The second-order valence-corrected chi connectivity index (χ2v) is 11.0. The molecule has 0 saturated heterocycles. The van der Waals surface area contributed by atoms with Crippen molar-refractivity contribution >= 4 is 44.0 Å². The highest BCUT2D eigenvalue weighted by Gasteiger charge is 2.16. The van der Waals surface area contributed by atoms with Gasteiger partial charge in [-0.15, -0.1) is 0 Å². The molecule has 3 heterocycles. The van der Waals surface area contributed by atoms with Gasteiger partial charge in [-0.3, -0.25) is 0 Å². The van der Waals surface area contributed by atoms with E-state index in [0.717, 1.165) is 83.1 Å². The van der Waals surface area contributed by atoms with Crippen LogP contribution in [-0.2, 0) is 0 Å². The van der Waals surface area contributed by atoms with Crippen molar-refractivity contribution in [2.24, 2.45) is 0 Å². The summed E-state index contributed by atoms with van der Waals surface area (Å²) in [5.41, 5.74) is 12.7. The highest BCUT2D eigenvalue weighted by atomic mass is 16.3. The van der Waals surface area contributed by atoms with Crippen LogP contribution in [0.5, 0.6) is 0 Å². The molecule has 0 aliphatic carbocycles. The molecule has 9 aromatic rings. The number of hydrogen-bond donors (Lipinski definition) is 0. The van der Waals surface area contributed by atoms with Gasteiger partial charge < -0.3 is 8.83 Å². The minimum absolute atomic E-state index is 0.705. The number of nitrogens with zero attached hydrogens (tertiary/aromatic N) is 2. The highest BCUT2D eigenvalue weighted by molar-refractivity contribution is 6.10. The maximum absolute atomic E-state index is 6.34. The summed E-state index contributed by atoms with van der Waals surface area (Å²) in [5.74, 6) is 0. The fourth-order valence-corrected chi connectivity index (χ4v) is 6.28. The van der Waals surface area contributed by atoms with Gasteiger partial charge in [-0.2, -0.15) is 0 Å². The molecule has 0 unspecified atom stereocenters. The van der Waals surface area contributed by atoms with E-state index in [2.05, 4.69) is 101 Å². The molecular formula is C40H24N2O2. The monoisotopic (exact) mass is 564 g/mol. The largest absolute Gasteiger partial charge is 0.455 e. The molecule has 3 aromatic heterocycles. The molecule has 9 rings (SSSR count). The highest BCUT2D eigenvalue weighted by Crippen LogP contribution is 2.38. The Labute approximate surface area is 252 Å². The standard InChI is InChI=1S/C40H24N2O2/c1-2-9-25(10-3-1)37-40-38(42-24-41-37)34-23-29(19-20-36(34)44-40)27-12-6-11-26(21-27)28-13-7-14-30(22-28)31-16-8-17-33-32-15-4-5-18-35(32)43-39(31)33/h1-24H. The number of aromatic nitrogens is 2. The van der Waals surface area contributed by atoms with Gasteiger partial charge in [0.2, 0.25) is 0 Å². The summed E-state index contributed by atoms with van der Waals surface area (Å²) < 4.78 is 12.6. The second kappa shape index (κ2) is 9.79. The first-order chi connectivity index (χ1) is 21.8. The lowest BCUT2D eigenvalue weighted by molar-refractivity contribution is 0.667. The molecule has 0 N–H and O–H groups in total. The Bertz CT molecular complexity index is 2510. The number of para-hydroxylation sites is 2. The van der Waals surface area contributed by atoms with Gasteiger partial charge in [-0.1, -0.05) is 109 Å². The first kappa shape index (κ1) is 24.6. The van der Waals surface area contributed by atoms with Crippen molar-refractivity contribution < 1.29 is 8.83 Å². The van der Waals surface area contributed by atoms with Gasteiger partial charge in [0.15, 0.2) is 5.58 Å². The Kier molecular flexibility index (Phi) is 5.47. The molecule has 0 atom stereocenters. The number of rotatable bonds is 4. The minimum Gasteiger partial charge on any atom is -0.455 e. The van der Waals surface area contributed by atoms with E-state index >= 15 is 0 Å². The molecule has 6 aromatic carbocycles. The fourth-order valence-electron chi connectivity index (χ4n) is 6.28. The lowest BCUT2D eigenvalue weighted by atomic mass is 9.95. The van der Waals surface area contributed by atoms with E-state index in [4.69, 9.17) is 8.83 Å². The molecule has 0 aliphatic heterocycles. The average molecular weight is 565 g/mol. The van der Waals surface area contributed by atoms with Gasteiger partial charge >= 0.3 is 0 Å². The van der Waals surface area contributed by atoms with E-state index in [9.17, 15) is 0 Å². The summed E-state index contributed by atoms with van der Waals surface area (Å²) in [5, 5.41) is 3.25. The Morgan fingerprint density at radius 2 is 1.00 bits per heavy atom. The van der Waals surface area contributed by atoms with E-state index in [1.54, 1.807) is 6.33 Å². The molecule has 0 saturated carbocycles. The number of fused-ring (bicyclic) bond motifs is 6. The van der Waals surface area contributed by atoms with E-state index in [-0.39, 0.29) is 0 Å². The fraction of sp³-hybridized carbons (Fsp3) is 0. The molecule has 0 fully saturated rings. The molecule has 4 nitrogen and oxygen atoms in total. The normalized spacial score (nSPS) is 11.6. The van der Waals surface area contributed by atoms with Crippen LogP contribution in [0.3, 0.4) is 0 Å². The van der Waals surface area contributed by atoms with Crippen molar-refractivity contribution in [2.45, 2.75) is 0 Å². The summed E-state index contributed by atoms with van der Waals surface area (Å²) in [6.45, 7) is 0. The third kappa shape index (κ3) is 3.92. The number of benzene rings is 6. The molecule has 0 amide bonds. The van der Waals surface area contributed by atoms with Crippen molar-refractivity contribution in [3.8, 4) is 44.6 Å². The molecular weight excluding hydrogens is 540 g/mol. The summed E-state index contributed by atoms with van der Waals surface area (Å²) in [4.78, 5) is 9.16. The van der Waals surface area contributed by atoms with Crippen LogP contribution >= 0.6 is 0 Å². The predicted octanol–water partition coefficient (Wildman–Crippen LogP) is 10.9. The topological polar surface area (TPSA) is 52.1 Å². The van der Waals surface area contributed by atoms with Gasteiger partial charge in [-0.05, 0) is 58.1 Å². The molecule has 0 radical (unpaired) electrons. The predicted molar refractivity (Wildman–Crippen MR) is 178 cm³/mol. The summed E-state index contributed by atoms with van der Waals surface area (Å²) in [6.07, 6.45) is 1.62. The molecule has 206 valence electrons. The minimum atomic E-state index is 0.705. The lowest BCUT2D eigenvalue weighted by Crippen LogP contribution is -1.86. The van der Waals surface area contributed by atoms with Gasteiger partial charge in [0.05, 0.1) is 0 Å². The first-order valence-electron chi connectivity index (χ1n) is 14.6. The first-order valence-corrected chi connectivity index (χ1v) is 14.6. The van der Waals surface area contributed by atoms with Gasteiger partial charge in [-0.25, -0.2) is 9.97 Å². The molecule has 4 heteroatoms. The number of hydrogen-bond acceptors (Lipinski definition) is 4. The third-order valence-corrected chi connectivity index (χ3v) is 8.40. The third-order valence-electron chi connectivity index (χ3n) is 8.40. The van der Waals surface area contributed by atoms with E-state index in [0.29, 0.717) is 5.58 Å². The Hall–Kier alpha value is -6.00. The maximum atomic E-state index is 6.34. The Morgan fingerprint density at radius 3 is 1.84 bits per heavy atom. The van der Waals surface area contributed by atoms with Crippen LogP contribution in [0.2, 0.25) is 0 Å². The van der Waals surface area contributed by atoms with Crippen molar-refractivity contribution in [1.29, 1.82) is 0 Å². The number of furan rings is 2. The second-order valence-electron chi connectivity index (χ2n) is 11.0. The van der Waals surface area contributed by atoms with Crippen molar-refractivity contribution in [1.82, 2.24) is 9.97 Å². The van der Waals surface area contributed by atoms with Crippen molar-refractivity contribution in [3.63, 3.8) is 0 Å². The average Bonchev–Trinajstić information content (AvgIpc) is 3.67. The summed E-state index contributed by atoms with van der Waals surface area (Å²) in [6, 6.07) is 48.3. The van der Waals surface area contributed by atoms with E-state index < -0.39 is 0 Å². The SMILES string of the molecule is c1ccc(-c2ncnc3c2oc2ccc(-c4cccc(-c5cccc(-c6cccc7c6oc6ccccc67)c5)c4)cc23)cc1. The van der Waals surface area contributed by atoms with Crippen molar-refractivity contribution in [3.05, 3.63) is 146 Å². The summed E-state index contributed by atoms with van der Waals surface area (Å²) >= 11 is 0. The van der Waals surface area contributed by atoms with E-state index in [1.807, 2.05) is 48.5 Å². The van der Waals surface area contributed by atoms with Crippen LogP contribution < -0.4 is 0 Å². The van der Waals surface area contributed by atoms with Crippen LogP contribution in [0, 0.1) is 0 Å². The lowest BCUT2D eigenvalue weighted by Gasteiger charge is -2.09. The Balaban J connectivity index is 1.12. The quantitative estimate of drug-likeness (QED) is 0.213. The van der Waals surface area contributed by atoms with E-state index in [1.165, 1.54) is 0 Å². The molecule has 0 spiro atoms. The van der Waals surface area contributed by atoms with Crippen LogP contribution in [-0.4, -0.2) is 9.97 Å². The molecule has 0 aliphatic rings. The smallest absolute Gasteiger partial charge is 0.180 e. The van der Waals surface area contributed by atoms with Crippen molar-refractivity contribution in [2.75, 3.05) is 0 Å². The zero-order valence-electron chi connectivity index (χ0n) is 23.6. The van der Waals surface area contributed by atoms with Gasteiger partial charge in [0.25, 0.3) is 0 Å². The van der Waals surface area contributed by atoms with Crippen LogP contribution in [0.25, 0.3) is 88.6 Å². The maximum Gasteiger partial charge on any atom is 0.180 e. The molecule has 0 bridgehead atoms. The Morgan fingerprint density at radius 1 is 0.386 bits per heavy atom.